The summed E-state index contributed by atoms with van der Waals surface area (Å²) in [5.41, 5.74) is 2.13. The maximum Gasteiger partial charge on any atom is 0.324 e. The number of carbonyl (C=O) groups excluding carboxylic acids is 1. The minimum atomic E-state index is -0.219. The van der Waals surface area contributed by atoms with E-state index in [1.165, 1.54) is 24.1 Å². The SMILES string of the molecule is O=C1OCCC1NSc1ccc(NCCc2ccc(F)cc2)cc1. The summed E-state index contributed by atoms with van der Waals surface area (Å²) in [6, 6.07) is 14.3. The van der Waals surface area contributed by atoms with E-state index in [4.69, 9.17) is 4.74 Å². The van der Waals surface area contributed by atoms with Crippen LogP contribution in [0.4, 0.5) is 10.1 Å². The summed E-state index contributed by atoms with van der Waals surface area (Å²) < 4.78 is 20.9. The summed E-state index contributed by atoms with van der Waals surface area (Å²) in [7, 11) is 0. The van der Waals surface area contributed by atoms with Gasteiger partial charge in [-0.1, -0.05) is 12.1 Å². The standard InChI is InChI=1S/C18H19FN2O2S/c19-14-3-1-13(2-4-14)9-11-20-15-5-7-16(8-6-15)24-21-17-10-12-23-18(17)22/h1-8,17,20-21H,9-12H2. The molecule has 0 saturated carbocycles. The molecule has 2 aromatic carbocycles. The Balaban J connectivity index is 1.42. The van der Waals surface area contributed by atoms with Crippen molar-refractivity contribution in [2.45, 2.75) is 23.8 Å². The Labute approximate surface area is 144 Å². The maximum absolute atomic E-state index is 12.8. The minimum absolute atomic E-state index is 0.179. The second-order valence-corrected chi connectivity index (χ2v) is 6.47. The first-order chi connectivity index (χ1) is 11.7. The van der Waals surface area contributed by atoms with Crippen molar-refractivity contribution < 1.29 is 13.9 Å². The van der Waals surface area contributed by atoms with E-state index in [9.17, 15) is 9.18 Å². The van der Waals surface area contributed by atoms with E-state index in [0.717, 1.165) is 35.5 Å². The van der Waals surface area contributed by atoms with E-state index in [1.54, 1.807) is 12.1 Å². The van der Waals surface area contributed by atoms with Gasteiger partial charge in [-0.15, -0.1) is 0 Å². The summed E-state index contributed by atoms with van der Waals surface area (Å²) in [5, 5.41) is 3.34. The van der Waals surface area contributed by atoms with Crippen LogP contribution >= 0.6 is 11.9 Å². The third kappa shape index (κ3) is 4.72. The molecule has 2 aromatic rings. The van der Waals surface area contributed by atoms with Gasteiger partial charge >= 0.3 is 5.97 Å². The van der Waals surface area contributed by atoms with Crippen LogP contribution in [0.1, 0.15) is 12.0 Å². The molecule has 0 radical (unpaired) electrons. The van der Waals surface area contributed by atoms with Gasteiger partial charge in [0, 0.05) is 23.5 Å². The molecule has 1 aliphatic rings. The molecule has 24 heavy (non-hydrogen) atoms. The number of halogens is 1. The average Bonchev–Trinajstić information content (AvgIpc) is 3.01. The van der Waals surface area contributed by atoms with Crippen LogP contribution in [0.25, 0.3) is 0 Å². The second-order valence-electron chi connectivity index (χ2n) is 5.56. The van der Waals surface area contributed by atoms with Crippen LogP contribution in [-0.4, -0.2) is 25.2 Å². The predicted octanol–water partition coefficient (Wildman–Crippen LogP) is 3.39. The Hall–Kier alpha value is -2.05. The zero-order valence-corrected chi connectivity index (χ0v) is 13.9. The van der Waals surface area contributed by atoms with Crippen molar-refractivity contribution in [3.8, 4) is 0 Å². The monoisotopic (exact) mass is 346 g/mol. The molecule has 1 atom stereocenters. The topological polar surface area (TPSA) is 50.4 Å². The molecule has 1 heterocycles. The van der Waals surface area contributed by atoms with Gasteiger partial charge in [-0.05, 0) is 60.3 Å². The van der Waals surface area contributed by atoms with E-state index in [1.807, 2.05) is 24.3 Å². The molecule has 3 rings (SSSR count). The molecule has 1 unspecified atom stereocenters. The molecule has 4 nitrogen and oxygen atoms in total. The molecule has 0 aliphatic carbocycles. The number of rotatable bonds is 7. The number of hydrogen-bond donors (Lipinski definition) is 2. The fraction of sp³-hybridized carbons (Fsp3) is 0.278. The first-order valence-electron chi connectivity index (χ1n) is 7.88. The zero-order valence-electron chi connectivity index (χ0n) is 13.1. The van der Waals surface area contributed by atoms with Crippen molar-refractivity contribution in [2.75, 3.05) is 18.5 Å². The van der Waals surface area contributed by atoms with Gasteiger partial charge in [0.15, 0.2) is 0 Å². The van der Waals surface area contributed by atoms with Crippen LogP contribution in [0.5, 0.6) is 0 Å². The first kappa shape index (κ1) is 16.8. The van der Waals surface area contributed by atoms with E-state index >= 15 is 0 Å². The molecule has 6 heteroatoms. The molecule has 1 fully saturated rings. The van der Waals surface area contributed by atoms with Gasteiger partial charge in [0.1, 0.15) is 11.9 Å². The minimum Gasteiger partial charge on any atom is -0.464 e. The normalized spacial score (nSPS) is 16.9. The Morgan fingerprint density at radius 2 is 1.88 bits per heavy atom. The Morgan fingerprint density at radius 1 is 1.12 bits per heavy atom. The van der Waals surface area contributed by atoms with Crippen molar-refractivity contribution in [1.29, 1.82) is 0 Å². The first-order valence-corrected chi connectivity index (χ1v) is 8.70. The van der Waals surface area contributed by atoms with Gasteiger partial charge < -0.3 is 10.1 Å². The zero-order chi connectivity index (χ0) is 16.8. The van der Waals surface area contributed by atoms with Crippen molar-refractivity contribution in [3.05, 3.63) is 59.9 Å². The lowest BCUT2D eigenvalue weighted by Crippen LogP contribution is -2.27. The smallest absolute Gasteiger partial charge is 0.324 e. The maximum atomic E-state index is 12.8. The Morgan fingerprint density at radius 3 is 2.54 bits per heavy atom. The van der Waals surface area contributed by atoms with Crippen LogP contribution in [0, 0.1) is 5.82 Å². The van der Waals surface area contributed by atoms with E-state index in [-0.39, 0.29) is 17.8 Å². The largest absolute Gasteiger partial charge is 0.464 e. The summed E-state index contributed by atoms with van der Waals surface area (Å²) in [5.74, 6) is -0.388. The molecule has 0 bridgehead atoms. The highest BCUT2D eigenvalue weighted by Crippen LogP contribution is 2.20. The third-order valence-corrected chi connectivity index (χ3v) is 4.68. The highest BCUT2D eigenvalue weighted by molar-refractivity contribution is 7.97. The van der Waals surface area contributed by atoms with Gasteiger partial charge in [0.25, 0.3) is 0 Å². The Kier molecular flexibility index (Phi) is 5.72. The fourth-order valence-corrected chi connectivity index (χ4v) is 3.15. The number of hydrogen-bond acceptors (Lipinski definition) is 5. The van der Waals surface area contributed by atoms with E-state index < -0.39 is 0 Å². The van der Waals surface area contributed by atoms with Crippen molar-refractivity contribution in [3.63, 3.8) is 0 Å². The number of benzene rings is 2. The van der Waals surface area contributed by atoms with Gasteiger partial charge in [-0.2, -0.15) is 0 Å². The van der Waals surface area contributed by atoms with Gasteiger partial charge in [-0.3, -0.25) is 4.79 Å². The molecular formula is C18H19FN2O2S. The number of anilines is 1. The predicted molar refractivity (Wildman–Crippen MR) is 93.4 cm³/mol. The highest BCUT2D eigenvalue weighted by Gasteiger charge is 2.25. The summed E-state index contributed by atoms with van der Waals surface area (Å²) in [6.45, 7) is 1.28. The third-order valence-electron chi connectivity index (χ3n) is 3.76. The Bertz CT molecular complexity index is 676. The van der Waals surface area contributed by atoms with Gasteiger partial charge in [-0.25, -0.2) is 9.11 Å². The molecular weight excluding hydrogens is 327 g/mol. The summed E-state index contributed by atoms with van der Waals surface area (Å²) in [6.07, 6.45) is 1.55. The number of ether oxygens (including phenoxy) is 1. The quantitative estimate of drug-likeness (QED) is 0.594. The average molecular weight is 346 g/mol. The van der Waals surface area contributed by atoms with Crippen molar-refractivity contribution in [2.24, 2.45) is 0 Å². The molecule has 2 N–H and O–H groups in total. The summed E-state index contributed by atoms with van der Waals surface area (Å²) >= 11 is 1.44. The molecule has 0 amide bonds. The number of cyclic esters (lactones) is 1. The van der Waals surface area contributed by atoms with Crippen LogP contribution in [0.3, 0.4) is 0 Å². The fourth-order valence-electron chi connectivity index (χ4n) is 2.39. The molecule has 1 saturated heterocycles. The van der Waals surface area contributed by atoms with Crippen LogP contribution in [-0.2, 0) is 16.0 Å². The lowest BCUT2D eigenvalue weighted by Gasteiger charge is -2.09. The lowest BCUT2D eigenvalue weighted by atomic mass is 10.1. The van der Waals surface area contributed by atoms with Gasteiger partial charge in [0.2, 0.25) is 0 Å². The van der Waals surface area contributed by atoms with Gasteiger partial charge in [0.05, 0.1) is 6.61 Å². The van der Waals surface area contributed by atoms with Crippen LogP contribution in [0.2, 0.25) is 0 Å². The van der Waals surface area contributed by atoms with Crippen LogP contribution in [0.15, 0.2) is 53.4 Å². The molecule has 0 aromatic heterocycles. The number of nitrogens with one attached hydrogen (secondary N) is 2. The van der Waals surface area contributed by atoms with E-state index in [2.05, 4.69) is 10.0 Å². The highest BCUT2D eigenvalue weighted by atomic mass is 32.2. The number of esters is 1. The molecule has 1 aliphatic heterocycles. The molecule has 126 valence electrons. The second kappa shape index (κ2) is 8.17. The van der Waals surface area contributed by atoms with Crippen LogP contribution < -0.4 is 10.0 Å². The van der Waals surface area contributed by atoms with Crippen molar-refractivity contribution >= 4 is 23.6 Å². The van der Waals surface area contributed by atoms with E-state index in [0.29, 0.717) is 6.61 Å². The summed E-state index contributed by atoms with van der Waals surface area (Å²) in [4.78, 5) is 12.4. The number of carbonyl (C=O) groups is 1. The van der Waals surface area contributed by atoms with Crippen molar-refractivity contribution in [1.82, 2.24) is 4.72 Å². The molecule has 0 spiro atoms. The lowest BCUT2D eigenvalue weighted by molar-refractivity contribution is -0.139.